The average molecular weight is 284 g/mol. The van der Waals surface area contributed by atoms with Crippen LogP contribution in [0.15, 0.2) is 28.7 Å². The second-order valence-corrected chi connectivity index (χ2v) is 3.98. The summed E-state index contributed by atoms with van der Waals surface area (Å²) in [6, 6.07) is 4.54. The Hall–Kier alpha value is -0.590. The summed E-state index contributed by atoms with van der Waals surface area (Å²) in [7, 11) is 0. The van der Waals surface area contributed by atoms with Crippen molar-refractivity contribution in [2.75, 3.05) is 0 Å². The Kier molecular flexibility index (Phi) is 3.75. The molecule has 3 N–H and O–H groups in total. The third kappa shape index (κ3) is 3.19. The summed E-state index contributed by atoms with van der Waals surface area (Å²) in [6.07, 6.45) is -7.24. The first-order valence-corrected chi connectivity index (χ1v) is 4.87. The van der Waals surface area contributed by atoms with Crippen molar-refractivity contribution in [1.82, 2.24) is 0 Å². The second kappa shape index (κ2) is 4.51. The van der Waals surface area contributed by atoms with Crippen LogP contribution in [0.3, 0.4) is 0 Å². The van der Waals surface area contributed by atoms with E-state index in [-0.39, 0.29) is 5.56 Å². The molecule has 0 aliphatic heterocycles. The first-order valence-electron chi connectivity index (χ1n) is 4.08. The van der Waals surface area contributed by atoms with E-state index in [9.17, 15) is 13.2 Å². The number of aliphatic hydroxyl groups excluding tert-OH is 1. The van der Waals surface area contributed by atoms with Crippen LogP contribution in [-0.2, 0) is 0 Å². The highest BCUT2D eigenvalue weighted by Gasteiger charge is 2.42. The van der Waals surface area contributed by atoms with Gasteiger partial charge in [-0.15, -0.1) is 0 Å². The number of nitrogens with two attached hydrogens (primary N) is 1. The van der Waals surface area contributed by atoms with Gasteiger partial charge in [-0.05, 0) is 17.7 Å². The maximum absolute atomic E-state index is 12.1. The van der Waals surface area contributed by atoms with E-state index >= 15 is 0 Å². The second-order valence-electron chi connectivity index (χ2n) is 3.06. The van der Waals surface area contributed by atoms with Gasteiger partial charge in [-0.25, -0.2) is 0 Å². The van der Waals surface area contributed by atoms with Gasteiger partial charge in [0, 0.05) is 4.47 Å². The van der Waals surface area contributed by atoms with Crippen LogP contribution >= 0.6 is 15.9 Å². The monoisotopic (exact) mass is 283 g/mol. The number of halogens is 4. The van der Waals surface area contributed by atoms with Gasteiger partial charge in [-0.3, -0.25) is 0 Å². The predicted molar refractivity (Wildman–Crippen MR) is 53.1 cm³/mol. The lowest BCUT2D eigenvalue weighted by atomic mass is 10.0. The fourth-order valence-corrected chi connectivity index (χ4v) is 1.34. The maximum Gasteiger partial charge on any atom is 0.416 e. The molecule has 0 spiro atoms. The number of aliphatic hydroxyl groups is 1. The van der Waals surface area contributed by atoms with Crippen molar-refractivity contribution in [1.29, 1.82) is 0 Å². The van der Waals surface area contributed by atoms with Crippen LogP contribution in [0.5, 0.6) is 0 Å². The van der Waals surface area contributed by atoms with Crippen molar-refractivity contribution < 1.29 is 18.3 Å². The van der Waals surface area contributed by atoms with Gasteiger partial charge in [0.05, 0.1) is 6.04 Å². The number of alkyl halides is 3. The Balaban J connectivity index is 2.85. The van der Waals surface area contributed by atoms with E-state index in [1.807, 2.05) is 0 Å². The lowest BCUT2D eigenvalue weighted by Crippen LogP contribution is -2.38. The number of benzene rings is 1. The average Bonchev–Trinajstić information content (AvgIpc) is 2.15. The third-order valence-electron chi connectivity index (χ3n) is 1.93. The normalized spacial score (nSPS) is 16.1. The van der Waals surface area contributed by atoms with Crippen molar-refractivity contribution >= 4 is 15.9 Å². The van der Waals surface area contributed by atoms with Gasteiger partial charge in [-0.2, -0.15) is 13.2 Å². The zero-order valence-corrected chi connectivity index (χ0v) is 9.09. The minimum absolute atomic E-state index is 0.239. The molecule has 1 aromatic carbocycles. The summed E-state index contributed by atoms with van der Waals surface area (Å²) in [5.41, 5.74) is 5.53. The number of rotatable bonds is 2. The summed E-state index contributed by atoms with van der Waals surface area (Å²) in [5, 5.41) is 8.92. The Morgan fingerprint density at radius 1 is 1.20 bits per heavy atom. The Morgan fingerprint density at radius 2 is 1.67 bits per heavy atom. The molecule has 0 aliphatic carbocycles. The van der Waals surface area contributed by atoms with Crippen LogP contribution in [0.1, 0.15) is 11.6 Å². The first-order chi connectivity index (χ1) is 6.82. The third-order valence-corrected chi connectivity index (χ3v) is 2.46. The molecule has 0 bridgehead atoms. The lowest BCUT2D eigenvalue weighted by molar-refractivity contribution is -0.210. The molecule has 0 radical (unpaired) electrons. The highest BCUT2D eigenvalue weighted by Crippen LogP contribution is 2.28. The van der Waals surface area contributed by atoms with E-state index in [1.54, 1.807) is 12.1 Å². The van der Waals surface area contributed by atoms with Crippen molar-refractivity contribution in [2.24, 2.45) is 5.73 Å². The highest BCUT2D eigenvalue weighted by molar-refractivity contribution is 9.10. The predicted octanol–water partition coefficient (Wildman–Crippen LogP) is 2.37. The van der Waals surface area contributed by atoms with E-state index in [4.69, 9.17) is 10.8 Å². The Labute approximate surface area is 93.0 Å². The topological polar surface area (TPSA) is 46.2 Å². The SMILES string of the molecule is N[C@@H](c1ccc(Br)cc1)[C@H](O)C(F)(F)F. The fraction of sp³-hybridized carbons (Fsp3) is 0.333. The largest absolute Gasteiger partial charge is 0.416 e. The van der Waals surface area contributed by atoms with Gasteiger partial charge < -0.3 is 10.8 Å². The summed E-state index contributed by atoms with van der Waals surface area (Å²) < 4.78 is 37.1. The van der Waals surface area contributed by atoms with E-state index in [0.717, 1.165) is 4.47 Å². The quantitative estimate of drug-likeness (QED) is 0.875. The molecule has 2 nitrogen and oxygen atoms in total. The van der Waals surface area contributed by atoms with Crippen molar-refractivity contribution in [3.63, 3.8) is 0 Å². The first kappa shape index (κ1) is 12.5. The van der Waals surface area contributed by atoms with Crippen LogP contribution in [-0.4, -0.2) is 17.4 Å². The standard InChI is InChI=1S/C9H9BrF3NO/c10-6-3-1-5(2-4-6)7(14)8(15)9(11,12)13/h1-4,7-8,15H,14H2/t7-,8-/m0/s1. The van der Waals surface area contributed by atoms with Gasteiger partial charge in [-0.1, -0.05) is 28.1 Å². The van der Waals surface area contributed by atoms with Crippen molar-refractivity contribution in [2.45, 2.75) is 18.3 Å². The van der Waals surface area contributed by atoms with E-state index in [1.165, 1.54) is 12.1 Å². The zero-order valence-electron chi connectivity index (χ0n) is 7.50. The van der Waals surface area contributed by atoms with Crippen LogP contribution < -0.4 is 5.73 Å². The summed E-state index contributed by atoms with van der Waals surface area (Å²) in [4.78, 5) is 0. The summed E-state index contributed by atoms with van der Waals surface area (Å²) >= 11 is 3.15. The molecular weight excluding hydrogens is 275 g/mol. The van der Waals surface area contributed by atoms with Crippen LogP contribution in [0.25, 0.3) is 0 Å². The molecule has 1 aromatic rings. The van der Waals surface area contributed by atoms with Gasteiger partial charge in [0.2, 0.25) is 0 Å². The molecule has 0 aromatic heterocycles. The smallest absolute Gasteiger partial charge is 0.382 e. The molecule has 0 heterocycles. The van der Waals surface area contributed by atoms with Crippen molar-refractivity contribution in [3.05, 3.63) is 34.3 Å². The lowest BCUT2D eigenvalue weighted by Gasteiger charge is -2.21. The van der Waals surface area contributed by atoms with E-state index in [0.29, 0.717) is 0 Å². The summed E-state index contributed by atoms with van der Waals surface area (Å²) in [6.45, 7) is 0. The Morgan fingerprint density at radius 3 is 2.07 bits per heavy atom. The van der Waals surface area contributed by atoms with Gasteiger partial charge in [0.15, 0.2) is 6.10 Å². The zero-order chi connectivity index (χ0) is 11.6. The molecule has 84 valence electrons. The van der Waals surface area contributed by atoms with Crippen molar-refractivity contribution in [3.8, 4) is 0 Å². The van der Waals surface area contributed by atoms with Gasteiger partial charge >= 0.3 is 6.18 Å². The number of hydrogen-bond donors (Lipinski definition) is 2. The van der Waals surface area contributed by atoms with E-state index in [2.05, 4.69) is 15.9 Å². The molecule has 2 atom stereocenters. The maximum atomic E-state index is 12.1. The van der Waals surface area contributed by atoms with Gasteiger partial charge in [0.1, 0.15) is 0 Å². The van der Waals surface area contributed by atoms with Crippen LogP contribution in [0.4, 0.5) is 13.2 Å². The highest BCUT2D eigenvalue weighted by atomic mass is 79.9. The summed E-state index contributed by atoms with van der Waals surface area (Å²) in [5.74, 6) is 0. The van der Waals surface area contributed by atoms with Gasteiger partial charge in [0.25, 0.3) is 0 Å². The van der Waals surface area contributed by atoms with Crippen LogP contribution in [0.2, 0.25) is 0 Å². The molecule has 6 heteroatoms. The molecule has 0 aliphatic rings. The Bertz CT molecular complexity index is 325. The van der Waals surface area contributed by atoms with E-state index < -0.39 is 18.3 Å². The molecule has 0 amide bonds. The molecule has 0 fully saturated rings. The molecule has 0 unspecified atom stereocenters. The molecule has 0 saturated carbocycles. The molecule has 15 heavy (non-hydrogen) atoms. The molecule has 1 rings (SSSR count). The number of hydrogen-bond acceptors (Lipinski definition) is 2. The molecule has 0 saturated heterocycles. The van der Waals surface area contributed by atoms with Crippen LogP contribution in [0, 0.1) is 0 Å². The molecular formula is C9H9BrF3NO. The minimum Gasteiger partial charge on any atom is -0.382 e. The fourth-order valence-electron chi connectivity index (χ4n) is 1.07. The minimum atomic E-state index is -4.70.